The standard InChI is InChI=1S/C24H21N5O3/c1-15-20(16(2)29(27-15)18-11-7-4-8-12-18)22-21(23(25)31)24(32-28-22)26-19(30)14-13-17-9-5-3-6-10-17/h3-14H,1-2H3,(H2,25,31)(H,26,30). The summed E-state index contributed by atoms with van der Waals surface area (Å²) in [7, 11) is 0. The fourth-order valence-electron chi connectivity index (χ4n) is 3.47. The van der Waals surface area contributed by atoms with Crippen LogP contribution in [-0.2, 0) is 4.79 Å². The van der Waals surface area contributed by atoms with Gasteiger partial charge in [-0.1, -0.05) is 53.7 Å². The number of hydrogen-bond acceptors (Lipinski definition) is 5. The van der Waals surface area contributed by atoms with E-state index in [4.69, 9.17) is 10.3 Å². The first-order valence-corrected chi connectivity index (χ1v) is 9.91. The van der Waals surface area contributed by atoms with E-state index in [1.807, 2.05) is 74.5 Å². The maximum Gasteiger partial charge on any atom is 0.256 e. The highest BCUT2D eigenvalue weighted by Gasteiger charge is 2.27. The monoisotopic (exact) mass is 427 g/mol. The zero-order valence-corrected chi connectivity index (χ0v) is 17.6. The van der Waals surface area contributed by atoms with Crippen molar-refractivity contribution in [2.45, 2.75) is 13.8 Å². The predicted octanol–water partition coefficient (Wildman–Crippen LogP) is 3.89. The van der Waals surface area contributed by atoms with Crippen molar-refractivity contribution in [2.24, 2.45) is 5.73 Å². The number of carbonyl (C=O) groups excluding carboxylic acids is 2. The molecule has 0 radical (unpaired) electrons. The van der Waals surface area contributed by atoms with Gasteiger partial charge in [0.25, 0.3) is 11.8 Å². The molecule has 32 heavy (non-hydrogen) atoms. The smallest absolute Gasteiger partial charge is 0.256 e. The van der Waals surface area contributed by atoms with Crippen molar-refractivity contribution in [2.75, 3.05) is 5.32 Å². The van der Waals surface area contributed by atoms with E-state index in [1.54, 1.807) is 10.8 Å². The fourth-order valence-corrected chi connectivity index (χ4v) is 3.47. The molecule has 0 aliphatic carbocycles. The molecule has 3 N–H and O–H groups in total. The second kappa shape index (κ2) is 8.73. The van der Waals surface area contributed by atoms with E-state index in [-0.39, 0.29) is 17.1 Å². The summed E-state index contributed by atoms with van der Waals surface area (Å²) >= 11 is 0. The summed E-state index contributed by atoms with van der Waals surface area (Å²) in [5.41, 5.74) is 9.58. The molecule has 4 rings (SSSR count). The third-order valence-corrected chi connectivity index (χ3v) is 4.93. The number of rotatable bonds is 6. The van der Waals surface area contributed by atoms with E-state index in [9.17, 15) is 9.59 Å². The number of carbonyl (C=O) groups is 2. The number of benzene rings is 2. The van der Waals surface area contributed by atoms with E-state index < -0.39 is 11.8 Å². The summed E-state index contributed by atoms with van der Waals surface area (Å²) in [5.74, 6) is -1.36. The lowest BCUT2D eigenvalue weighted by molar-refractivity contribution is -0.112. The molecule has 0 saturated heterocycles. The average Bonchev–Trinajstić information content (AvgIpc) is 3.33. The molecule has 0 atom stereocenters. The highest BCUT2D eigenvalue weighted by atomic mass is 16.5. The Balaban J connectivity index is 1.68. The summed E-state index contributed by atoms with van der Waals surface area (Å²) in [4.78, 5) is 24.6. The van der Waals surface area contributed by atoms with Crippen LogP contribution >= 0.6 is 0 Å². The SMILES string of the molecule is Cc1nn(-c2ccccc2)c(C)c1-c1noc(NC(=O)C=Cc2ccccc2)c1C(N)=O. The molecule has 0 aliphatic rings. The second-order valence-electron chi connectivity index (χ2n) is 7.13. The highest BCUT2D eigenvalue weighted by Crippen LogP contribution is 2.34. The van der Waals surface area contributed by atoms with Gasteiger partial charge in [-0.15, -0.1) is 0 Å². The molecular formula is C24H21N5O3. The van der Waals surface area contributed by atoms with Gasteiger partial charge in [-0.3, -0.25) is 14.9 Å². The van der Waals surface area contributed by atoms with Crippen LogP contribution in [0.4, 0.5) is 5.88 Å². The molecule has 2 heterocycles. The van der Waals surface area contributed by atoms with Crippen molar-refractivity contribution in [1.82, 2.24) is 14.9 Å². The molecule has 0 unspecified atom stereocenters. The van der Waals surface area contributed by atoms with Crippen LogP contribution in [-0.4, -0.2) is 26.8 Å². The number of nitrogens with zero attached hydrogens (tertiary/aromatic N) is 3. The zero-order valence-electron chi connectivity index (χ0n) is 17.6. The van der Waals surface area contributed by atoms with Crippen molar-refractivity contribution >= 4 is 23.8 Å². The number of anilines is 1. The Morgan fingerprint density at radius 2 is 1.69 bits per heavy atom. The van der Waals surface area contributed by atoms with Gasteiger partial charge in [0.15, 0.2) is 0 Å². The maximum atomic E-state index is 12.4. The Morgan fingerprint density at radius 3 is 2.34 bits per heavy atom. The number of para-hydroxylation sites is 1. The second-order valence-corrected chi connectivity index (χ2v) is 7.13. The molecule has 160 valence electrons. The fraction of sp³-hybridized carbons (Fsp3) is 0.0833. The van der Waals surface area contributed by atoms with Gasteiger partial charge in [0.1, 0.15) is 11.3 Å². The minimum Gasteiger partial charge on any atom is -0.365 e. The van der Waals surface area contributed by atoms with Crippen LogP contribution in [0, 0.1) is 13.8 Å². The molecule has 2 amide bonds. The normalized spacial score (nSPS) is 11.1. The maximum absolute atomic E-state index is 12.4. The molecule has 4 aromatic rings. The number of primary amides is 1. The molecule has 0 fully saturated rings. The number of aryl methyl sites for hydroxylation is 1. The van der Waals surface area contributed by atoms with Crippen LogP contribution in [0.5, 0.6) is 0 Å². The summed E-state index contributed by atoms with van der Waals surface area (Å²) in [6, 6.07) is 18.9. The lowest BCUT2D eigenvalue weighted by Crippen LogP contribution is -2.16. The minimum absolute atomic E-state index is 0.00901. The van der Waals surface area contributed by atoms with Gasteiger partial charge in [0.2, 0.25) is 5.88 Å². The van der Waals surface area contributed by atoms with Crippen molar-refractivity contribution in [1.29, 1.82) is 0 Å². The first kappa shape index (κ1) is 20.8. The van der Waals surface area contributed by atoms with Gasteiger partial charge in [-0.2, -0.15) is 5.10 Å². The molecule has 2 aromatic heterocycles. The molecule has 0 spiro atoms. The van der Waals surface area contributed by atoms with Gasteiger partial charge in [0.05, 0.1) is 17.1 Å². The topological polar surface area (TPSA) is 116 Å². The quantitative estimate of drug-likeness (QED) is 0.453. The number of hydrogen-bond donors (Lipinski definition) is 2. The van der Waals surface area contributed by atoms with Crippen LogP contribution in [0.1, 0.15) is 27.3 Å². The molecule has 0 saturated carbocycles. The number of nitrogens with two attached hydrogens (primary N) is 1. The average molecular weight is 427 g/mol. The molecule has 8 nitrogen and oxygen atoms in total. The Morgan fingerprint density at radius 1 is 1.03 bits per heavy atom. The Bertz CT molecular complexity index is 1300. The number of nitrogens with one attached hydrogen (secondary N) is 1. The van der Waals surface area contributed by atoms with Crippen LogP contribution in [0.3, 0.4) is 0 Å². The van der Waals surface area contributed by atoms with Gasteiger partial charge in [0, 0.05) is 11.6 Å². The lowest BCUT2D eigenvalue weighted by atomic mass is 10.1. The molecule has 0 bridgehead atoms. The predicted molar refractivity (Wildman–Crippen MR) is 121 cm³/mol. The van der Waals surface area contributed by atoms with Gasteiger partial charge in [-0.25, -0.2) is 4.68 Å². The lowest BCUT2D eigenvalue weighted by Gasteiger charge is -2.05. The summed E-state index contributed by atoms with van der Waals surface area (Å²) in [6.07, 6.45) is 2.99. The molecule has 2 aromatic carbocycles. The van der Waals surface area contributed by atoms with Gasteiger partial charge in [-0.05, 0) is 37.6 Å². The summed E-state index contributed by atoms with van der Waals surface area (Å²) in [6.45, 7) is 3.67. The largest absolute Gasteiger partial charge is 0.365 e. The third kappa shape index (κ3) is 4.06. The Labute approximate surface area is 184 Å². The van der Waals surface area contributed by atoms with Crippen molar-refractivity contribution in [3.05, 3.63) is 89.3 Å². The summed E-state index contributed by atoms with van der Waals surface area (Å²) < 4.78 is 7.06. The molecular weight excluding hydrogens is 406 g/mol. The van der Waals surface area contributed by atoms with Gasteiger partial charge < -0.3 is 10.3 Å². The number of aromatic nitrogens is 3. The van der Waals surface area contributed by atoms with Crippen LogP contribution in [0.2, 0.25) is 0 Å². The minimum atomic E-state index is -0.769. The van der Waals surface area contributed by atoms with E-state index in [1.165, 1.54) is 6.08 Å². The zero-order chi connectivity index (χ0) is 22.7. The third-order valence-electron chi connectivity index (χ3n) is 4.93. The van der Waals surface area contributed by atoms with Crippen LogP contribution in [0.15, 0.2) is 71.3 Å². The molecule has 8 heteroatoms. The Hall–Kier alpha value is -4.46. The van der Waals surface area contributed by atoms with E-state index in [0.29, 0.717) is 11.3 Å². The van der Waals surface area contributed by atoms with E-state index >= 15 is 0 Å². The van der Waals surface area contributed by atoms with Crippen LogP contribution < -0.4 is 11.1 Å². The highest BCUT2D eigenvalue weighted by molar-refractivity contribution is 6.09. The Kier molecular flexibility index (Phi) is 5.67. The van der Waals surface area contributed by atoms with Crippen LogP contribution in [0.25, 0.3) is 23.0 Å². The van der Waals surface area contributed by atoms with Crippen molar-refractivity contribution in [3.8, 4) is 16.9 Å². The number of amides is 2. The molecule has 0 aliphatic heterocycles. The van der Waals surface area contributed by atoms with E-state index in [2.05, 4.69) is 15.6 Å². The summed E-state index contributed by atoms with van der Waals surface area (Å²) in [5, 5.41) is 11.2. The van der Waals surface area contributed by atoms with Crippen molar-refractivity contribution < 1.29 is 14.1 Å². The first-order chi connectivity index (χ1) is 15.5. The van der Waals surface area contributed by atoms with Crippen molar-refractivity contribution in [3.63, 3.8) is 0 Å². The van der Waals surface area contributed by atoms with E-state index in [0.717, 1.165) is 16.9 Å². The van der Waals surface area contributed by atoms with Gasteiger partial charge >= 0.3 is 0 Å². The first-order valence-electron chi connectivity index (χ1n) is 9.91.